The SMILES string of the molecule is O=C(COC(=O)CCC(=O)c1ccc2c(c1)CCC2)Nc1ccc(N2CCOCC2)cc1. The summed E-state index contributed by atoms with van der Waals surface area (Å²) in [6.45, 7) is 2.73. The monoisotopic (exact) mass is 436 g/mol. The Bertz CT molecular complexity index is 980. The first-order valence-electron chi connectivity index (χ1n) is 11.1. The second-order valence-corrected chi connectivity index (χ2v) is 8.12. The van der Waals surface area contributed by atoms with Crippen molar-refractivity contribution >= 4 is 29.0 Å². The summed E-state index contributed by atoms with van der Waals surface area (Å²) in [7, 11) is 0. The summed E-state index contributed by atoms with van der Waals surface area (Å²) >= 11 is 0. The number of ketones is 1. The molecule has 1 amide bonds. The summed E-state index contributed by atoms with van der Waals surface area (Å²) < 4.78 is 10.4. The highest BCUT2D eigenvalue weighted by Crippen LogP contribution is 2.23. The minimum atomic E-state index is -0.558. The largest absolute Gasteiger partial charge is 0.456 e. The molecule has 32 heavy (non-hydrogen) atoms. The summed E-state index contributed by atoms with van der Waals surface area (Å²) in [5.41, 5.74) is 4.88. The molecule has 1 aliphatic carbocycles. The van der Waals surface area contributed by atoms with Crippen molar-refractivity contribution in [3.05, 3.63) is 59.2 Å². The minimum Gasteiger partial charge on any atom is -0.456 e. The van der Waals surface area contributed by atoms with E-state index in [0.29, 0.717) is 24.5 Å². The van der Waals surface area contributed by atoms with Crippen LogP contribution in [-0.4, -0.2) is 50.6 Å². The maximum absolute atomic E-state index is 12.4. The highest BCUT2D eigenvalue weighted by atomic mass is 16.5. The molecule has 2 aliphatic rings. The van der Waals surface area contributed by atoms with Crippen LogP contribution in [-0.2, 0) is 31.9 Å². The van der Waals surface area contributed by atoms with Gasteiger partial charge in [0.2, 0.25) is 0 Å². The standard InChI is InChI=1S/C25H28N2O5/c28-23(20-5-4-18-2-1-3-19(18)16-20)10-11-25(30)32-17-24(29)26-21-6-8-22(9-7-21)27-12-14-31-15-13-27/h4-9,16H,1-3,10-15,17H2,(H,26,29). The Hall–Kier alpha value is -3.19. The lowest BCUT2D eigenvalue weighted by Crippen LogP contribution is -2.36. The van der Waals surface area contributed by atoms with Crippen molar-refractivity contribution in [3.63, 3.8) is 0 Å². The van der Waals surface area contributed by atoms with E-state index in [2.05, 4.69) is 10.2 Å². The zero-order chi connectivity index (χ0) is 22.3. The van der Waals surface area contributed by atoms with Gasteiger partial charge in [-0.05, 0) is 60.7 Å². The number of morpholine rings is 1. The molecule has 2 aromatic carbocycles. The second-order valence-electron chi connectivity index (χ2n) is 8.12. The van der Waals surface area contributed by atoms with Gasteiger partial charge in [0.15, 0.2) is 12.4 Å². The zero-order valence-corrected chi connectivity index (χ0v) is 18.1. The number of carbonyl (C=O) groups excluding carboxylic acids is 3. The molecule has 7 heteroatoms. The molecular weight excluding hydrogens is 408 g/mol. The second kappa shape index (κ2) is 10.4. The number of benzene rings is 2. The van der Waals surface area contributed by atoms with E-state index in [1.165, 1.54) is 11.1 Å². The molecule has 0 spiro atoms. The summed E-state index contributed by atoms with van der Waals surface area (Å²) in [6.07, 6.45) is 3.22. The first-order chi connectivity index (χ1) is 15.6. The molecule has 1 heterocycles. The Morgan fingerprint density at radius 1 is 0.938 bits per heavy atom. The lowest BCUT2D eigenvalue weighted by molar-refractivity contribution is -0.147. The van der Waals surface area contributed by atoms with Crippen molar-refractivity contribution in [2.45, 2.75) is 32.1 Å². The van der Waals surface area contributed by atoms with E-state index in [-0.39, 0.29) is 25.2 Å². The number of nitrogens with zero attached hydrogens (tertiary/aromatic N) is 1. The van der Waals surface area contributed by atoms with Crippen LogP contribution >= 0.6 is 0 Å². The summed E-state index contributed by atoms with van der Waals surface area (Å²) in [6, 6.07) is 13.3. The van der Waals surface area contributed by atoms with Crippen molar-refractivity contribution in [2.75, 3.05) is 43.1 Å². The smallest absolute Gasteiger partial charge is 0.306 e. The van der Waals surface area contributed by atoms with Gasteiger partial charge in [-0.25, -0.2) is 0 Å². The average Bonchev–Trinajstić information content (AvgIpc) is 3.30. The zero-order valence-electron chi connectivity index (χ0n) is 18.1. The molecule has 1 aliphatic heterocycles. The number of nitrogens with one attached hydrogen (secondary N) is 1. The van der Waals surface area contributed by atoms with Gasteiger partial charge >= 0.3 is 5.97 Å². The predicted molar refractivity (Wildman–Crippen MR) is 121 cm³/mol. The lowest BCUT2D eigenvalue weighted by atomic mass is 10.0. The number of hydrogen-bond acceptors (Lipinski definition) is 6. The molecular formula is C25H28N2O5. The van der Waals surface area contributed by atoms with Crippen LogP contribution in [0.3, 0.4) is 0 Å². The van der Waals surface area contributed by atoms with E-state index < -0.39 is 11.9 Å². The number of anilines is 2. The first-order valence-corrected chi connectivity index (χ1v) is 11.1. The van der Waals surface area contributed by atoms with Gasteiger partial charge in [-0.2, -0.15) is 0 Å². The Morgan fingerprint density at radius 3 is 2.47 bits per heavy atom. The van der Waals surface area contributed by atoms with Crippen LogP contribution < -0.4 is 10.2 Å². The summed E-state index contributed by atoms with van der Waals surface area (Å²) in [4.78, 5) is 38.7. The molecule has 168 valence electrons. The van der Waals surface area contributed by atoms with Gasteiger partial charge in [-0.1, -0.05) is 12.1 Å². The van der Waals surface area contributed by atoms with Crippen molar-refractivity contribution < 1.29 is 23.9 Å². The number of rotatable bonds is 8. The van der Waals surface area contributed by atoms with Gasteiger partial charge in [-0.15, -0.1) is 0 Å². The Kier molecular flexibility index (Phi) is 7.17. The van der Waals surface area contributed by atoms with Crippen LogP contribution in [0.5, 0.6) is 0 Å². The molecule has 2 aromatic rings. The van der Waals surface area contributed by atoms with Gasteiger partial charge in [-0.3, -0.25) is 14.4 Å². The van der Waals surface area contributed by atoms with E-state index in [1.807, 2.05) is 42.5 Å². The first kappa shape index (κ1) is 22.0. The number of carbonyl (C=O) groups is 3. The van der Waals surface area contributed by atoms with Crippen LogP contribution in [0.15, 0.2) is 42.5 Å². The van der Waals surface area contributed by atoms with E-state index in [1.54, 1.807) is 0 Å². The quantitative estimate of drug-likeness (QED) is 0.506. The van der Waals surface area contributed by atoms with E-state index >= 15 is 0 Å². The van der Waals surface area contributed by atoms with E-state index in [9.17, 15) is 14.4 Å². The van der Waals surface area contributed by atoms with Crippen molar-refractivity contribution in [1.82, 2.24) is 0 Å². The van der Waals surface area contributed by atoms with Crippen molar-refractivity contribution in [3.8, 4) is 0 Å². The number of aryl methyl sites for hydroxylation is 2. The van der Waals surface area contributed by atoms with Gasteiger partial charge in [0.1, 0.15) is 0 Å². The van der Waals surface area contributed by atoms with Crippen molar-refractivity contribution in [1.29, 1.82) is 0 Å². The van der Waals surface area contributed by atoms with E-state index in [0.717, 1.165) is 38.0 Å². The lowest BCUT2D eigenvalue weighted by Gasteiger charge is -2.28. The fourth-order valence-electron chi connectivity index (χ4n) is 4.10. The molecule has 7 nitrogen and oxygen atoms in total. The highest BCUT2D eigenvalue weighted by Gasteiger charge is 2.16. The summed E-state index contributed by atoms with van der Waals surface area (Å²) in [5, 5.41) is 2.72. The molecule has 0 unspecified atom stereocenters. The number of fused-ring (bicyclic) bond motifs is 1. The molecule has 1 saturated heterocycles. The maximum atomic E-state index is 12.4. The number of hydrogen-bond donors (Lipinski definition) is 1. The van der Waals surface area contributed by atoms with Gasteiger partial charge in [0, 0.05) is 36.4 Å². The topological polar surface area (TPSA) is 84.9 Å². The minimum absolute atomic E-state index is 0.0442. The fourth-order valence-corrected chi connectivity index (χ4v) is 4.10. The maximum Gasteiger partial charge on any atom is 0.306 e. The Labute approximate surface area is 187 Å². The Balaban J connectivity index is 1.17. The third-order valence-electron chi connectivity index (χ3n) is 5.87. The van der Waals surface area contributed by atoms with Crippen LogP contribution in [0.25, 0.3) is 0 Å². The van der Waals surface area contributed by atoms with Gasteiger partial charge < -0.3 is 19.7 Å². The number of esters is 1. The fraction of sp³-hybridized carbons (Fsp3) is 0.400. The van der Waals surface area contributed by atoms with Gasteiger partial charge in [0.05, 0.1) is 19.6 Å². The predicted octanol–water partition coefficient (Wildman–Crippen LogP) is 3.16. The van der Waals surface area contributed by atoms with Gasteiger partial charge in [0.25, 0.3) is 5.91 Å². The summed E-state index contributed by atoms with van der Waals surface area (Å²) in [5.74, 6) is -1.05. The third kappa shape index (κ3) is 5.73. The normalized spacial score (nSPS) is 15.2. The molecule has 1 N–H and O–H groups in total. The molecule has 0 atom stereocenters. The number of ether oxygens (including phenoxy) is 2. The number of amides is 1. The molecule has 0 aromatic heterocycles. The molecule has 1 fully saturated rings. The Morgan fingerprint density at radius 2 is 1.69 bits per heavy atom. The van der Waals surface area contributed by atoms with Crippen LogP contribution in [0.2, 0.25) is 0 Å². The van der Waals surface area contributed by atoms with Crippen LogP contribution in [0, 0.1) is 0 Å². The molecule has 0 bridgehead atoms. The molecule has 4 rings (SSSR count). The number of Topliss-reactive ketones (excluding diaryl/α,β-unsaturated/α-hetero) is 1. The van der Waals surface area contributed by atoms with Crippen molar-refractivity contribution in [2.24, 2.45) is 0 Å². The van der Waals surface area contributed by atoms with Crippen LogP contribution in [0.1, 0.15) is 40.7 Å². The average molecular weight is 437 g/mol. The highest BCUT2D eigenvalue weighted by molar-refractivity contribution is 5.98. The van der Waals surface area contributed by atoms with E-state index in [4.69, 9.17) is 9.47 Å². The third-order valence-corrected chi connectivity index (χ3v) is 5.87. The molecule has 0 radical (unpaired) electrons. The van der Waals surface area contributed by atoms with Crippen LogP contribution in [0.4, 0.5) is 11.4 Å². The molecule has 0 saturated carbocycles.